The summed E-state index contributed by atoms with van der Waals surface area (Å²) >= 11 is 0. The molecule has 0 spiro atoms. The van der Waals surface area contributed by atoms with Crippen LogP contribution >= 0.6 is 0 Å². The van der Waals surface area contributed by atoms with Crippen molar-refractivity contribution in [3.63, 3.8) is 0 Å². The van der Waals surface area contributed by atoms with Crippen LogP contribution in [0.15, 0.2) is 42.5 Å². The van der Waals surface area contributed by atoms with Gasteiger partial charge in [-0.1, -0.05) is 24.3 Å². The SMILES string of the molecule is COC(=O)[C@@H](CN1Cc2ccccc2C1=O)c1ccc(OC)c(OC)c1. The van der Waals surface area contributed by atoms with E-state index in [1.165, 1.54) is 14.2 Å². The van der Waals surface area contributed by atoms with E-state index in [0.29, 0.717) is 29.2 Å². The molecule has 0 aliphatic carbocycles. The first-order chi connectivity index (χ1) is 12.6. The Kier molecular flexibility index (Phi) is 5.11. The fraction of sp³-hybridized carbons (Fsp3) is 0.300. The third-order valence-electron chi connectivity index (χ3n) is 4.59. The van der Waals surface area contributed by atoms with Gasteiger partial charge in [0.25, 0.3) is 5.91 Å². The normalized spacial score (nSPS) is 14.0. The minimum Gasteiger partial charge on any atom is -0.493 e. The molecule has 0 fully saturated rings. The van der Waals surface area contributed by atoms with Gasteiger partial charge in [0.15, 0.2) is 11.5 Å². The van der Waals surface area contributed by atoms with Crippen molar-refractivity contribution in [2.75, 3.05) is 27.9 Å². The second-order valence-corrected chi connectivity index (χ2v) is 6.03. The highest BCUT2D eigenvalue weighted by molar-refractivity contribution is 5.98. The van der Waals surface area contributed by atoms with Gasteiger partial charge < -0.3 is 19.1 Å². The van der Waals surface area contributed by atoms with Crippen molar-refractivity contribution in [2.45, 2.75) is 12.5 Å². The minimum atomic E-state index is -0.613. The Morgan fingerprint density at radius 3 is 2.46 bits per heavy atom. The predicted molar refractivity (Wildman–Crippen MR) is 95.5 cm³/mol. The summed E-state index contributed by atoms with van der Waals surface area (Å²) in [5.41, 5.74) is 2.36. The lowest BCUT2D eigenvalue weighted by molar-refractivity contribution is -0.142. The summed E-state index contributed by atoms with van der Waals surface area (Å²) in [7, 11) is 4.43. The van der Waals surface area contributed by atoms with Crippen molar-refractivity contribution in [1.82, 2.24) is 4.90 Å². The maximum absolute atomic E-state index is 12.6. The molecule has 0 bridgehead atoms. The number of methoxy groups -OCH3 is 3. The van der Waals surface area contributed by atoms with E-state index in [2.05, 4.69) is 0 Å². The lowest BCUT2D eigenvalue weighted by atomic mass is 9.98. The number of carbonyl (C=O) groups is 2. The van der Waals surface area contributed by atoms with Gasteiger partial charge in [0.2, 0.25) is 0 Å². The highest BCUT2D eigenvalue weighted by Gasteiger charge is 2.32. The predicted octanol–water partition coefficient (Wildman–Crippen LogP) is 2.62. The fourth-order valence-corrected chi connectivity index (χ4v) is 3.21. The van der Waals surface area contributed by atoms with Crippen LogP contribution in [0.4, 0.5) is 0 Å². The van der Waals surface area contributed by atoms with Gasteiger partial charge >= 0.3 is 5.97 Å². The van der Waals surface area contributed by atoms with Crippen molar-refractivity contribution in [3.8, 4) is 11.5 Å². The maximum Gasteiger partial charge on any atom is 0.314 e. The molecule has 0 radical (unpaired) electrons. The fourth-order valence-electron chi connectivity index (χ4n) is 3.21. The molecule has 6 nitrogen and oxygen atoms in total. The van der Waals surface area contributed by atoms with Gasteiger partial charge in [-0.15, -0.1) is 0 Å². The minimum absolute atomic E-state index is 0.0741. The monoisotopic (exact) mass is 355 g/mol. The molecular formula is C20H21NO5. The van der Waals surface area contributed by atoms with E-state index in [4.69, 9.17) is 14.2 Å². The highest BCUT2D eigenvalue weighted by Crippen LogP contribution is 2.33. The topological polar surface area (TPSA) is 65.1 Å². The van der Waals surface area contributed by atoms with Crippen LogP contribution in [0.2, 0.25) is 0 Å². The summed E-state index contributed by atoms with van der Waals surface area (Å²) in [5.74, 6) is 0.00785. The Morgan fingerprint density at radius 2 is 1.81 bits per heavy atom. The molecule has 1 amide bonds. The highest BCUT2D eigenvalue weighted by atomic mass is 16.5. The molecule has 2 aromatic rings. The average Bonchev–Trinajstić information content (AvgIpc) is 3.00. The van der Waals surface area contributed by atoms with Crippen molar-refractivity contribution < 1.29 is 23.8 Å². The number of hydrogen-bond donors (Lipinski definition) is 0. The van der Waals surface area contributed by atoms with Crippen molar-refractivity contribution in [1.29, 1.82) is 0 Å². The zero-order valence-corrected chi connectivity index (χ0v) is 15.0. The molecule has 2 aromatic carbocycles. The molecule has 0 saturated carbocycles. The quantitative estimate of drug-likeness (QED) is 0.746. The van der Waals surface area contributed by atoms with Gasteiger partial charge in [-0.25, -0.2) is 0 Å². The van der Waals surface area contributed by atoms with Crippen LogP contribution < -0.4 is 9.47 Å². The molecule has 1 aliphatic rings. The number of hydrogen-bond acceptors (Lipinski definition) is 5. The molecule has 0 N–H and O–H groups in total. The standard InChI is InChI=1S/C20H21NO5/c1-24-17-9-8-13(10-18(17)25-2)16(20(23)26-3)12-21-11-14-6-4-5-7-15(14)19(21)22/h4-10,16H,11-12H2,1-3H3/t16-/m0/s1. The summed E-state index contributed by atoms with van der Waals surface area (Å²) in [6.07, 6.45) is 0. The smallest absolute Gasteiger partial charge is 0.314 e. The van der Waals surface area contributed by atoms with Crippen molar-refractivity contribution in [2.24, 2.45) is 0 Å². The van der Waals surface area contributed by atoms with Gasteiger partial charge in [0.1, 0.15) is 0 Å². The first-order valence-electron chi connectivity index (χ1n) is 8.26. The zero-order chi connectivity index (χ0) is 18.7. The second-order valence-electron chi connectivity index (χ2n) is 6.03. The number of amides is 1. The van der Waals surface area contributed by atoms with E-state index in [9.17, 15) is 9.59 Å². The summed E-state index contributed by atoms with van der Waals surface area (Å²) in [6, 6.07) is 12.8. The third-order valence-corrected chi connectivity index (χ3v) is 4.59. The first kappa shape index (κ1) is 17.8. The second kappa shape index (κ2) is 7.47. The van der Waals surface area contributed by atoms with Crippen molar-refractivity contribution in [3.05, 3.63) is 59.2 Å². The number of benzene rings is 2. The van der Waals surface area contributed by atoms with Gasteiger partial charge in [-0.05, 0) is 29.3 Å². The molecule has 136 valence electrons. The molecule has 1 aliphatic heterocycles. The molecule has 0 unspecified atom stereocenters. The molecule has 26 heavy (non-hydrogen) atoms. The van der Waals surface area contributed by atoms with Crippen LogP contribution in [-0.2, 0) is 16.1 Å². The summed E-state index contributed by atoms with van der Waals surface area (Å²) in [5, 5.41) is 0. The molecular weight excluding hydrogens is 334 g/mol. The number of carbonyl (C=O) groups excluding carboxylic acids is 2. The van der Waals surface area contributed by atoms with E-state index < -0.39 is 11.9 Å². The number of ether oxygens (including phenoxy) is 3. The molecule has 1 atom stereocenters. The van der Waals surface area contributed by atoms with Crippen LogP contribution in [0.25, 0.3) is 0 Å². The zero-order valence-electron chi connectivity index (χ0n) is 15.0. The molecule has 3 rings (SSSR count). The van der Waals surface area contributed by atoms with Gasteiger partial charge in [-0.2, -0.15) is 0 Å². The van der Waals surface area contributed by atoms with Crippen molar-refractivity contribution >= 4 is 11.9 Å². The Balaban J connectivity index is 1.89. The number of esters is 1. The van der Waals surface area contributed by atoms with Crippen LogP contribution in [0, 0.1) is 0 Å². The van der Waals surface area contributed by atoms with Gasteiger partial charge in [0, 0.05) is 18.7 Å². The van der Waals surface area contributed by atoms with E-state index in [1.54, 1.807) is 36.3 Å². The largest absolute Gasteiger partial charge is 0.493 e. The summed E-state index contributed by atoms with van der Waals surface area (Å²) < 4.78 is 15.5. The Hall–Kier alpha value is -3.02. The first-order valence-corrected chi connectivity index (χ1v) is 8.26. The van der Waals surface area contributed by atoms with Crippen LogP contribution in [0.1, 0.15) is 27.4 Å². The number of fused-ring (bicyclic) bond motifs is 1. The maximum atomic E-state index is 12.6. The van der Waals surface area contributed by atoms with Gasteiger partial charge in [0.05, 0.1) is 27.2 Å². The van der Waals surface area contributed by atoms with Gasteiger partial charge in [-0.3, -0.25) is 9.59 Å². The summed E-state index contributed by atoms with van der Waals surface area (Å²) in [4.78, 5) is 26.7. The van der Waals surface area contributed by atoms with E-state index >= 15 is 0 Å². The van der Waals surface area contributed by atoms with E-state index in [1.807, 2.05) is 18.2 Å². The number of rotatable bonds is 6. The Labute approximate surface area is 152 Å². The van der Waals surface area contributed by atoms with Crippen LogP contribution in [-0.4, -0.2) is 44.7 Å². The molecule has 0 aromatic heterocycles. The lowest BCUT2D eigenvalue weighted by Gasteiger charge is -2.23. The van der Waals surface area contributed by atoms with Crippen LogP contribution in [0.3, 0.4) is 0 Å². The Morgan fingerprint density at radius 1 is 1.08 bits per heavy atom. The molecule has 0 saturated heterocycles. The average molecular weight is 355 g/mol. The summed E-state index contributed by atoms with van der Waals surface area (Å²) in [6.45, 7) is 0.714. The molecule has 6 heteroatoms. The van der Waals surface area contributed by atoms with E-state index in [0.717, 1.165) is 5.56 Å². The lowest BCUT2D eigenvalue weighted by Crippen LogP contribution is -2.32. The number of nitrogens with zero attached hydrogens (tertiary/aromatic N) is 1. The Bertz CT molecular complexity index is 833. The molecule has 1 heterocycles. The third kappa shape index (κ3) is 3.22. The van der Waals surface area contributed by atoms with E-state index in [-0.39, 0.29) is 12.5 Å². The van der Waals surface area contributed by atoms with Crippen LogP contribution in [0.5, 0.6) is 11.5 Å².